The maximum Gasteiger partial charge on any atom is 0.362 e. The van der Waals surface area contributed by atoms with Crippen LogP contribution in [0.15, 0.2) is 85.1 Å². The molecule has 0 saturated heterocycles. The number of ether oxygens (including phenoxy) is 3. The predicted molar refractivity (Wildman–Crippen MR) is 238 cm³/mol. The van der Waals surface area contributed by atoms with Crippen LogP contribution in [-0.4, -0.2) is 80.6 Å². The Kier molecular flexibility index (Phi) is 36.9. The van der Waals surface area contributed by atoms with Crippen molar-refractivity contribution in [1.82, 2.24) is 0 Å². The second-order valence-electron chi connectivity index (χ2n) is 15.6. The first kappa shape index (κ1) is 53.5. The van der Waals surface area contributed by atoms with Crippen LogP contribution in [0.25, 0.3) is 0 Å². The number of allylic oxidation sites excluding steroid dienone is 14. The summed E-state index contributed by atoms with van der Waals surface area (Å²) in [5.74, 6) is -1.60. The summed E-state index contributed by atoms with van der Waals surface area (Å²) in [6.45, 7) is 4.50. The Balaban J connectivity index is 4.47. The van der Waals surface area contributed by atoms with Crippen molar-refractivity contribution in [3.05, 3.63) is 85.1 Å². The molecule has 1 N–H and O–H groups in total. The summed E-state index contributed by atoms with van der Waals surface area (Å²) < 4.78 is 17.2. The lowest BCUT2D eigenvalue weighted by molar-refractivity contribution is -0.887. The Hall–Kier alpha value is -3.49. The van der Waals surface area contributed by atoms with Gasteiger partial charge in [0.15, 0.2) is 12.1 Å². The van der Waals surface area contributed by atoms with Gasteiger partial charge in [-0.3, -0.25) is 9.59 Å². The first-order valence-electron chi connectivity index (χ1n) is 22.1. The van der Waals surface area contributed by atoms with Gasteiger partial charge in [0.1, 0.15) is 6.61 Å². The van der Waals surface area contributed by atoms with Crippen LogP contribution < -0.4 is 0 Å². The molecule has 0 bridgehead atoms. The zero-order chi connectivity index (χ0) is 42.1. The van der Waals surface area contributed by atoms with Gasteiger partial charge in [0.25, 0.3) is 0 Å². The molecule has 0 fully saturated rings. The Morgan fingerprint density at radius 2 is 1.02 bits per heavy atom. The number of aliphatic carboxylic acids is 1. The quantitative estimate of drug-likeness (QED) is 0.0287. The third-order valence-electron chi connectivity index (χ3n) is 9.29. The van der Waals surface area contributed by atoms with Crippen LogP contribution in [0, 0.1) is 0 Å². The molecule has 0 saturated carbocycles. The number of nitrogens with zero attached hydrogens (tertiary/aromatic N) is 1. The van der Waals surface area contributed by atoms with Crippen LogP contribution in [0.2, 0.25) is 0 Å². The van der Waals surface area contributed by atoms with Crippen molar-refractivity contribution in [2.24, 2.45) is 0 Å². The minimum atomic E-state index is -0.890. The van der Waals surface area contributed by atoms with Crippen molar-refractivity contribution < 1.29 is 38.2 Å². The van der Waals surface area contributed by atoms with Crippen molar-refractivity contribution in [1.29, 1.82) is 0 Å². The van der Waals surface area contributed by atoms with Crippen molar-refractivity contribution >= 4 is 17.9 Å². The lowest BCUT2D eigenvalue weighted by atomic mass is 10.1. The number of carboxylic acid groups (broad SMARTS) is 1. The Morgan fingerprint density at radius 3 is 1.53 bits per heavy atom. The molecule has 2 unspecified atom stereocenters. The average molecular weight is 797 g/mol. The Bertz CT molecular complexity index is 1200. The van der Waals surface area contributed by atoms with Crippen molar-refractivity contribution in [2.45, 2.75) is 167 Å². The SMILES string of the molecule is CC/C=C/C/C=C/C/C=C/C/C=C/C/C=C/CCCCCCC(=O)OC(COCCC(C(=O)O)[N+](C)(C)C)COC(=O)CC/C=C/C/C=C/CCCCCCCC. The summed E-state index contributed by atoms with van der Waals surface area (Å²) in [5, 5.41) is 9.61. The molecule has 0 aromatic heterocycles. The van der Waals surface area contributed by atoms with E-state index in [9.17, 15) is 19.5 Å². The average Bonchev–Trinajstić information content (AvgIpc) is 3.17. The fourth-order valence-corrected chi connectivity index (χ4v) is 5.87. The molecular weight excluding hydrogens is 715 g/mol. The summed E-state index contributed by atoms with van der Waals surface area (Å²) in [7, 11) is 5.49. The topological polar surface area (TPSA) is 99.1 Å². The van der Waals surface area contributed by atoms with E-state index in [0.717, 1.165) is 77.0 Å². The molecule has 0 radical (unpaired) electrons. The Morgan fingerprint density at radius 1 is 0.544 bits per heavy atom. The van der Waals surface area contributed by atoms with Crippen molar-refractivity contribution in [2.75, 3.05) is 41.0 Å². The molecular formula is C49H82NO7+. The summed E-state index contributed by atoms with van der Waals surface area (Å²) in [6, 6.07) is -0.631. The van der Waals surface area contributed by atoms with Gasteiger partial charge >= 0.3 is 17.9 Å². The van der Waals surface area contributed by atoms with E-state index in [4.69, 9.17) is 14.2 Å². The molecule has 0 rings (SSSR count). The maximum absolute atomic E-state index is 12.7. The number of carboxylic acids is 1. The molecule has 0 amide bonds. The number of quaternary nitrogens is 1. The van der Waals surface area contributed by atoms with Crippen LogP contribution in [-0.2, 0) is 28.6 Å². The van der Waals surface area contributed by atoms with Gasteiger partial charge in [0.05, 0.1) is 34.4 Å². The third-order valence-corrected chi connectivity index (χ3v) is 9.29. The lowest BCUT2D eigenvalue weighted by Gasteiger charge is -2.31. The molecule has 2 atom stereocenters. The van der Waals surface area contributed by atoms with Gasteiger partial charge in [0, 0.05) is 19.3 Å². The summed E-state index contributed by atoms with van der Waals surface area (Å²) in [6.07, 6.45) is 50.7. The van der Waals surface area contributed by atoms with Gasteiger partial charge in [-0.05, 0) is 77.0 Å². The zero-order valence-corrected chi connectivity index (χ0v) is 36.8. The highest BCUT2D eigenvalue weighted by Gasteiger charge is 2.31. The number of unbranched alkanes of at least 4 members (excludes halogenated alkanes) is 10. The van der Waals surface area contributed by atoms with Gasteiger partial charge in [-0.1, -0.05) is 144 Å². The molecule has 8 heteroatoms. The highest BCUT2D eigenvalue weighted by atomic mass is 16.6. The Labute approximate surface area is 348 Å². The minimum absolute atomic E-state index is 0.0285. The number of hydrogen-bond acceptors (Lipinski definition) is 6. The summed E-state index contributed by atoms with van der Waals surface area (Å²) >= 11 is 0. The molecule has 0 aliphatic rings. The van der Waals surface area contributed by atoms with Gasteiger partial charge in [-0.25, -0.2) is 4.79 Å². The number of esters is 2. The van der Waals surface area contributed by atoms with E-state index < -0.39 is 18.1 Å². The zero-order valence-electron chi connectivity index (χ0n) is 36.8. The summed E-state index contributed by atoms with van der Waals surface area (Å²) in [4.78, 5) is 36.9. The predicted octanol–water partition coefficient (Wildman–Crippen LogP) is 12.1. The van der Waals surface area contributed by atoms with E-state index in [-0.39, 0.29) is 49.1 Å². The second kappa shape index (κ2) is 39.3. The smallest absolute Gasteiger partial charge is 0.362 e. The van der Waals surface area contributed by atoms with Gasteiger partial charge < -0.3 is 23.8 Å². The molecule has 0 spiro atoms. The summed E-state index contributed by atoms with van der Waals surface area (Å²) in [5.41, 5.74) is 0. The maximum atomic E-state index is 12.7. The second-order valence-corrected chi connectivity index (χ2v) is 15.6. The fraction of sp³-hybridized carbons (Fsp3) is 0.653. The number of rotatable bonds is 38. The number of likely N-dealkylation sites (N-methyl/N-ethyl adjacent to an activating group) is 1. The van der Waals surface area contributed by atoms with E-state index in [1.165, 1.54) is 38.5 Å². The van der Waals surface area contributed by atoms with Crippen LogP contribution >= 0.6 is 0 Å². The fourth-order valence-electron chi connectivity index (χ4n) is 5.87. The van der Waals surface area contributed by atoms with E-state index >= 15 is 0 Å². The standard InChI is InChI=1S/C49H81NO7/c1-6-8-10-12-14-16-18-20-21-22-23-24-25-26-28-30-32-34-36-38-40-48(52)57-45(43-55-42-41-46(49(53)54)50(3,4)5)44-56-47(51)39-37-35-33-31-29-27-19-17-15-13-11-9-7-2/h8,10,14,16,20-21,23-24,26-29,33,35,45-46H,6-7,9,11-13,15,17-19,22,25,30-32,34,36-44H2,1-5H3/p+1/b10-8+,16-14+,21-20+,24-23+,28-26+,29-27+,35-33+. The van der Waals surface area contributed by atoms with E-state index in [0.29, 0.717) is 12.8 Å². The first-order chi connectivity index (χ1) is 27.6. The number of hydrogen-bond donors (Lipinski definition) is 1. The van der Waals surface area contributed by atoms with Crippen molar-refractivity contribution in [3.8, 4) is 0 Å². The van der Waals surface area contributed by atoms with Crippen LogP contribution in [0.3, 0.4) is 0 Å². The lowest BCUT2D eigenvalue weighted by Crippen LogP contribution is -2.50. The van der Waals surface area contributed by atoms with E-state index in [2.05, 4.69) is 92.8 Å². The van der Waals surface area contributed by atoms with Gasteiger partial charge in [0.2, 0.25) is 0 Å². The number of carbonyl (C=O) groups excluding carboxylic acids is 2. The van der Waals surface area contributed by atoms with E-state index in [1.54, 1.807) is 0 Å². The molecule has 0 aromatic rings. The van der Waals surface area contributed by atoms with Gasteiger partial charge in [-0.15, -0.1) is 0 Å². The minimum Gasteiger partial charge on any atom is -0.477 e. The monoisotopic (exact) mass is 797 g/mol. The van der Waals surface area contributed by atoms with Crippen LogP contribution in [0.1, 0.15) is 155 Å². The highest BCUT2D eigenvalue weighted by Crippen LogP contribution is 2.12. The molecule has 0 aromatic carbocycles. The molecule has 324 valence electrons. The third kappa shape index (κ3) is 37.8. The van der Waals surface area contributed by atoms with Gasteiger partial charge in [-0.2, -0.15) is 0 Å². The van der Waals surface area contributed by atoms with Crippen molar-refractivity contribution in [3.63, 3.8) is 0 Å². The highest BCUT2D eigenvalue weighted by molar-refractivity contribution is 5.72. The molecule has 8 nitrogen and oxygen atoms in total. The first-order valence-corrected chi connectivity index (χ1v) is 22.1. The molecule has 0 aliphatic heterocycles. The normalized spacial score (nSPS) is 13.8. The van der Waals surface area contributed by atoms with Crippen LogP contribution in [0.5, 0.6) is 0 Å². The van der Waals surface area contributed by atoms with Crippen LogP contribution in [0.4, 0.5) is 0 Å². The molecule has 57 heavy (non-hydrogen) atoms. The molecule has 0 heterocycles. The number of carbonyl (C=O) groups is 3. The largest absolute Gasteiger partial charge is 0.477 e. The molecule has 0 aliphatic carbocycles. The van der Waals surface area contributed by atoms with E-state index in [1.807, 2.05) is 27.2 Å².